The van der Waals surface area contributed by atoms with Crippen LogP contribution in [0.5, 0.6) is 0 Å². The van der Waals surface area contributed by atoms with E-state index in [0.29, 0.717) is 25.1 Å². The molecule has 5 nitrogen and oxygen atoms in total. The van der Waals surface area contributed by atoms with E-state index in [-0.39, 0.29) is 11.9 Å². The Morgan fingerprint density at radius 1 is 1.18 bits per heavy atom. The summed E-state index contributed by atoms with van der Waals surface area (Å²) in [7, 11) is 1.36. The molecule has 0 spiro atoms. The number of amides is 1. The first kappa shape index (κ1) is 18.2. The Bertz CT molecular complexity index is 485. The minimum atomic E-state index is -0.464. The van der Waals surface area contributed by atoms with Crippen molar-refractivity contribution >= 4 is 11.9 Å². The molecule has 0 aliphatic heterocycles. The molecule has 0 radical (unpaired) electrons. The Morgan fingerprint density at radius 3 is 2.23 bits per heavy atom. The number of ether oxygens (including phenoxy) is 1. The van der Waals surface area contributed by atoms with Crippen LogP contribution in [0.25, 0.3) is 0 Å². The number of nitrogens with two attached hydrogens (primary N) is 1. The van der Waals surface area contributed by atoms with E-state index in [0.717, 1.165) is 18.4 Å². The topological polar surface area (TPSA) is 81.4 Å². The molecule has 1 aromatic rings. The fraction of sp³-hybridized carbons (Fsp3) is 0.529. The van der Waals surface area contributed by atoms with Crippen molar-refractivity contribution in [3.63, 3.8) is 0 Å². The van der Waals surface area contributed by atoms with Gasteiger partial charge >= 0.3 is 5.97 Å². The lowest BCUT2D eigenvalue weighted by Crippen LogP contribution is -2.45. The molecule has 5 heteroatoms. The van der Waals surface area contributed by atoms with Gasteiger partial charge < -0.3 is 15.8 Å². The van der Waals surface area contributed by atoms with Gasteiger partial charge in [0.25, 0.3) is 0 Å². The number of methoxy groups -OCH3 is 1. The predicted molar refractivity (Wildman–Crippen MR) is 86.6 cm³/mol. The molecule has 0 heterocycles. The van der Waals surface area contributed by atoms with Gasteiger partial charge in [-0.05, 0) is 37.0 Å². The van der Waals surface area contributed by atoms with E-state index in [2.05, 4.69) is 10.1 Å². The van der Waals surface area contributed by atoms with Gasteiger partial charge in [-0.25, -0.2) is 4.79 Å². The number of hydrogen-bond acceptors (Lipinski definition) is 4. The highest BCUT2D eigenvalue weighted by atomic mass is 16.5. The second kappa shape index (κ2) is 8.54. The molecule has 0 saturated heterocycles. The van der Waals surface area contributed by atoms with Crippen LogP contribution in [0.2, 0.25) is 0 Å². The molecule has 0 saturated carbocycles. The molecule has 0 aliphatic carbocycles. The molecular weight excluding hydrogens is 280 g/mol. The number of esters is 1. The number of carbonyl (C=O) groups excluding carboxylic acids is 2. The summed E-state index contributed by atoms with van der Waals surface area (Å²) in [6.07, 6.45) is 2.18. The van der Waals surface area contributed by atoms with E-state index in [1.807, 2.05) is 26.0 Å². The van der Waals surface area contributed by atoms with Gasteiger partial charge in [0.15, 0.2) is 0 Å². The third-order valence-electron chi connectivity index (χ3n) is 4.30. The van der Waals surface area contributed by atoms with Crippen LogP contribution in [0.15, 0.2) is 24.3 Å². The Hall–Kier alpha value is -1.88. The molecule has 0 fully saturated rings. The van der Waals surface area contributed by atoms with E-state index in [1.165, 1.54) is 7.11 Å². The highest BCUT2D eigenvalue weighted by Gasteiger charge is 2.32. The fourth-order valence-electron chi connectivity index (χ4n) is 2.39. The highest BCUT2D eigenvalue weighted by Crippen LogP contribution is 2.24. The maximum absolute atomic E-state index is 12.3. The first-order valence-corrected chi connectivity index (χ1v) is 7.68. The molecule has 1 amide bonds. The molecule has 3 N–H and O–H groups in total. The highest BCUT2D eigenvalue weighted by molar-refractivity contribution is 5.89. The zero-order valence-electron chi connectivity index (χ0n) is 13.6. The van der Waals surface area contributed by atoms with Gasteiger partial charge in [0.2, 0.25) is 5.91 Å². The molecule has 0 aromatic heterocycles. The SMILES string of the molecule is CCC(CC)(CN)C(=O)NCCc1ccc(C(=O)OC)cc1. The lowest BCUT2D eigenvalue weighted by molar-refractivity contribution is -0.131. The van der Waals surface area contributed by atoms with Gasteiger partial charge in [-0.15, -0.1) is 0 Å². The van der Waals surface area contributed by atoms with E-state index in [9.17, 15) is 9.59 Å². The number of hydrogen-bond donors (Lipinski definition) is 2. The second-order valence-corrected chi connectivity index (χ2v) is 5.39. The van der Waals surface area contributed by atoms with Gasteiger partial charge in [0.05, 0.1) is 18.1 Å². The van der Waals surface area contributed by atoms with E-state index >= 15 is 0 Å². The average molecular weight is 306 g/mol. The molecule has 0 bridgehead atoms. The Balaban J connectivity index is 2.53. The first-order valence-electron chi connectivity index (χ1n) is 7.68. The Morgan fingerprint density at radius 2 is 1.77 bits per heavy atom. The lowest BCUT2D eigenvalue weighted by atomic mass is 9.81. The van der Waals surface area contributed by atoms with Gasteiger partial charge in [-0.2, -0.15) is 0 Å². The maximum atomic E-state index is 12.3. The van der Waals surface area contributed by atoms with Crippen molar-refractivity contribution in [3.05, 3.63) is 35.4 Å². The van der Waals surface area contributed by atoms with Crippen LogP contribution in [0.3, 0.4) is 0 Å². The van der Waals surface area contributed by atoms with Gasteiger partial charge in [0.1, 0.15) is 0 Å². The van der Waals surface area contributed by atoms with Crippen LogP contribution in [0, 0.1) is 5.41 Å². The van der Waals surface area contributed by atoms with Crippen molar-refractivity contribution in [2.45, 2.75) is 33.1 Å². The predicted octanol–water partition coefficient (Wildman–Crippen LogP) is 1.90. The summed E-state index contributed by atoms with van der Waals surface area (Å²) < 4.78 is 4.66. The normalized spacial score (nSPS) is 11.1. The summed E-state index contributed by atoms with van der Waals surface area (Å²) in [4.78, 5) is 23.6. The van der Waals surface area contributed by atoms with Gasteiger partial charge in [-0.1, -0.05) is 26.0 Å². The number of carbonyl (C=O) groups is 2. The Kier molecular flexibility index (Phi) is 7.05. The minimum Gasteiger partial charge on any atom is -0.465 e. The van der Waals surface area contributed by atoms with Crippen LogP contribution >= 0.6 is 0 Å². The van der Waals surface area contributed by atoms with E-state index in [1.54, 1.807) is 12.1 Å². The molecule has 1 rings (SSSR count). The Labute approximate surface area is 132 Å². The number of benzene rings is 1. The van der Waals surface area contributed by atoms with Crippen molar-refractivity contribution in [1.82, 2.24) is 5.32 Å². The van der Waals surface area contributed by atoms with Crippen molar-refractivity contribution in [2.24, 2.45) is 11.1 Å². The second-order valence-electron chi connectivity index (χ2n) is 5.39. The van der Waals surface area contributed by atoms with Crippen LogP contribution in [0.4, 0.5) is 0 Å². The summed E-state index contributed by atoms with van der Waals surface area (Å²) >= 11 is 0. The first-order chi connectivity index (χ1) is 10.5. The zero-order valence-corrected chi connectivity index (χ0v) is 13.6. The fourth-order valence-corrected chi connectivity index (χ4v) is 2.39. The molecule has 0 unspecified atom stereocenters. The van der Waals surface area contributed by atoms with Crippen molar-refractivity contribution in [2.75, 3.05) is 20.2 Å². The van der Waals surface area contributed by atoms with Crippen LogP contribution in [0.1, 0.15) is 42.6 Å². The average Bonchev–Trinajstić information content (AvgIpc) is 2.57. The smallest absolute Gasteiger partial charge is 0.337 e. The zero-order chi connectivity index (χ0) is 16.6. The molecule has 122 valence electrons. The van der Waals surface area contributed by atoms with Gasteiger partial charge in [0, 0.05) is 13.1 Å². The molecule has 1 aromatic carbocycles. The van der Waals surface area contributed by atoms with E-state index < -0.39 is 5.41 Å². The van der Waals surface area contributed by atoms with Crippen LogP contribution < -0.4 is 11.1 Å². The monoisotopic (exact) mass is 306 g/mol. The van der Waals surface area contributed by atoms with Crippen LogP contribution in [-0.2, 0) is 16.0 Å². The molecule has 22 heavy (non-hydrogen) atoms. The number of rotatable bonds is 8. The summed E-state index contributed by atoms with van der Waals surface area (Å²) in [5.41, 5.74) is 6.88. The van der Waals surface area contributed by atoms with Crippen LogP contribution in [-0.4, -0.2) is 32.1 Å². The molecule has 0 aliphatic rings. The quantitative estimate of drug-likeness (QED) is 0.719. The molecule has 0 atom stereocenters. The third-order valence-corrected chi connectivity index (χ3v) is 4.30. The van der Waals surface area contributed by atoms with Crippen molar-refractivity contribution in [3.8, 4) is 0 Å². The van der Waals surface area contributed by atoms with Crippen molar-refractivity contribution < 1.29 is 14.3 Å². The minimum absolute atomic E-state index is 0.0196. The summed E-state index contributed by atoms with van der Waals surface area (Å²) in [5, 5.41) is 2.96. The van der Waals surface area contributed by atoms with Gasteiger partial charge in [-0.3, -0.25) is 4.79 Å². The largest absolute Gasteiger partial charge is 0.465 e. The number of nitrogens with one attached hydrogen (secondary N) is 1. The lowest BCUT2D eigenvalue weighted by Gasteiger charge is -2.28. The summed E-state index contributed by atoms with van der Waals surface area (Å²) in [6, 6.07) is 7.19. The maximum Gasteiger partial charge on any atom is 0.337 e. The summed E-state index contributed by atoms with van der Waals surface area (Å²) in [6.45, 7) is 4.89. The standard InChI is InChI=1S/C17H26N2O3/c1-4-17(5-2,12-18)16(21)19-11-10-13-6-8-14(9-7-13)15(20)22-3/h6-9H,4-5,10-12,18H2,1-3H3,(H,19,21). The van der Waals surface area contributed by atoms with Crippen molar-refractivity contribution in [1.29, 1.82) is 0 Å². The summed E-state index contributed by atoms with van der Waals surface area (Å²) in [5.74, 6) is -0.329. The third kappa shape index (κ3) is 4.31. The van der Waals surface area contributed by atoms with E-state index in [4.69, 9.17) is 5.73 Å². The molecular formula is C17H26N2O3.